The maximum absolute atomic E-state index is 11.0. The van der Waals surface area contributed by atoms with Crippen molar-refractivity contribution >= 4 is 11.6 Å². The second kappa shape index (κ2) is 6.91. The maximum Gasteiger partial charge on any atom is 0.221 e. The van der Waals surface area contributed by atoms with Crippen LogP contribution in [0.2, 0.25) is 0 Å². The van der Waals surface area contributed by atoms with E-state index in [1.54, 1.807) is 7.11 Å². The third kappa shape index (κ3) is 4.44. The molecule has 0 saturated heterocycles. The van der Waals surface area contributed by atoms with Gasteiger partial charge < -0.3 is 15.8 Å². The van der Waals surface area contributed by atoms with Crippen molar-refractivity contribution in [2.45, 2.75) is 25.8 Å². The zero-order chi connectivity index (χ0) is 12.7. The summed E-state index contributed by atoms with van der Waals surface area (Å²) < 4.78 is 5.13. The van der Waals surface area contributed by atoms with E-state index in [2.05, 4.69) is 12.2 Å². The van der Waals surface area contributed by atoms with Gasteiger partial charge in [0.05, 0.1) is 13.0 Å². The Morgan fingerprint density at radius 2 is 2.18 bits per heavy atom. The summed E-state index contributed by atoms with van der Waals surface area (Å²) in [6, 6.07) is 7.95. The molecule has 0 aromatic heterocycles. The van der Waals surface area contributed by atoms with Crippen molar-refractivity contribution in [1.82, 2.24) is 0 Å². The van der Waals surface area contributed by atoms with Gasteiger partial charge in [-0.05, 0) is 18.1 Å². The van der Waals surface area contributed by atoms with Crippen LogP contribution in [0.5, 0.6) is 0 Å². The summed E-state index contributed by atoms with van der Waals surface area (Å²) in [4.78, 5) is 11.0. The smallest absolute Gasteiger partial charge is 0.221 e. The first-order valence-electron chi connectivity index (χ1n) is 5.79. The van der Waals surface area contributed by atoms with Crippen molar-refractivity contribution in [3.05, 3.63) is 29.8 Å². The first kappa shape index (κ1) is 13.5. The van der Waals surface area contributed by atoms with Gasteiger partial charge in [-0.3, -0.25) is 4.79 Å². The minimum absolute atomic E-state index is 0.244. The van der Waals surface area contributed by atoms with E-state index < -0.39 is 0 Å². The van der Waals surface area contributed by atoms with Gasteiger partial charge in [-0.2, -0.15) is 0 Å². The lowest BCUT2D eigenvalue weighted by atomic mass is 10.1. The molecule has 4 nitrogen and oxygen atoms in total. The summed E-state index contributed by atoms with van der Waals surface area (Å²) in [5, 5.41) is 3.37. The Balaban J connectivity index is 2.77. The minimum Gasteiger partial charge on any atom is -0.383 e. The molecule has 0 heterocycles. The highest BCUT2D eigenvalue weighted by Crippen LogP contribution is 2.17. The number of ether oxygens (including phenoxy) is 1. The number of amides is 1. The van der Waals surface area contributed by atoms with Crippen molar-refractivity contribution in [1.29, 1.82) is 0 Å². The molecule has 1 unspecified atom stereocenters. The van der Waals surface area contributed by atoms with Crippen molar-refractivity contribution < 1.29 is 9.53 Å². The Bertz CT molecular complexity index is 366. The number of rotatable bonds is 7. The number of hydrogen-bond acceptors (Lipinski definition) is 3. The van der Waals surface area contributed by atoms with E-state index in [1.165, 1.54) is 0 Å². The van der Waals surface area contributed by atoms with Crippen molar-refractivity contribution in [3.63, 3.8) is 0 Å². The minimum atomic E-state index is -0.320. The fourth-order valence-corrected chi connectivity index (χ4v) is 1.69. The Kier molecular flexibility index (Phi) is 5.49. The van der Waals surface area contributed by atoms with E-state index >= 15 is 0 Å². The molecule has 1 aromatic carbocycles. The predicted molar refractivity (Wildman–Crippen MR) is 68.9 cm³/mol. The number of carbonyl (C=O) groups is 1. The standard InChI is InChI=1S/C13H20N2O2/c1-3-11(9-17-2)15-12-7-5-4-6-10(12)8-13(14)16/h4-7,11,15H,3,8-9H2,1-2H3,(H2,14,16). The first-order chi connectivity index (χ1) is 8.17. The molecule has 17 heavy (non-hydrogen) atoms. The van der Waals surface area contributed by atoms with Crippen LogP contribution in [0.15, 0.2) is 24.3 Å². The number of nitrogens with one attached hydrogen (secondary N) is 1. The summed E-state index contributed by atoms with van der Waals surface area (Å²) in [6.07, 6.45) is 1.21. The van der Waals surface area contributed by atoms with Gasteiger partial charge in [-0.1, -0.05) is 25.1 Å². The number of methoxy groups -OCH3 is 1. The molecular weight excluding hydrogens is 216 g/mol. The summed E-state index contributed by atoms with van der Waals surface area (Å²) >= 11 is 0. The maximum atomic E-state index is 11.0. The molecule has 94 valence electrons. The molecule has 0 aliphatic rings. The van der Waals surface area contributed by atoms with Crippen molar-refractivity contribution in [2.75, 3.05) is 19.0 Å². The monoisotopic (exact) mass is 236 g/mol. The molecule has 0 spiro atoms. The lowest BCUT2D eigenvalue weighted by Gasteiger charge is -2.19. The highest BCUT2D eigenvalue weighted by atomic mass is 16.5. The number of carbonyl (C=O) groups excluding carboxylic acids is 1. The molecule has 1 amide bonds. The predicted octanol–water partition coefficient (Wildman–Crippen LogP) is 1.55. The fraction of sp³-hybridized carbons (Fsp3) is 0.462. The number of primary amides is 1. The molecule has 1 aromatic rings. The molecule has 0 radical (unpaired) electrons. The van der Waals surface area contributed by atoms with Crippen LogP contribution < -0.4 is 11.1 Å². The third-order valence-corrected chi connectivity index (χ3v) is 2.60. The van der Waals surface area contributed by atoms with Gasteiger partial charge in [0.25, 0.3) is 0 Å². The van der Waals surface area contributed by atoms with Crippen molar-refractivity contribution in [2.24, 2.45) is 5.73 Å². The van der Waals surface area contributed by atoms with Crippen LogP contribution in [-0.4, -0.2) is 25.7 Å². The van der Waals surface area contributed by atoms with E-state index in [0.717, 1.165) is 17.7 Å². The Labute approximate surface area is 102 Å². The topological polar surface area (TPSA) is 64.3 Å². The number of hydrogen-bond donors (Lipinski definition) is 2. The molecule has 0 fully saturated rings. The van der Waals surface area contributed by atoms with Gasteiger partial charge in [-0.25, -0.2) is 0 Å². The normalized spacial score (nSPS) is 12.1. The SMILES string of the molecule is CCC(COC)Nc1ccccc1CC(N)=O. The molecular formula is C13H20N2O2. The van der Waals surface area contributed by atoms with Gasteiger partial charge in [0, 0.05) is 18.8 Å². The number of anilines is 1. The zero-order valence-corrected chi connectivity index (χ0v) is 10.4. The van der Waals surface area contributed by atoms with Crippen LogP contribution in [-0.2, 0) is 16.0 Å². The first-order valence-corrected chi connectivity index (χ1v) is 5.79. The third-order valence-electron chi connectivity index (χ3n) is 2.60. The van der Waals surface area contributed by atoms with Crippen molar-refractivity contribution in [3.8, 4) is 0 Å². The van der Waals surface area contributed by atoms with Crippen LogP contribution in [0, 0.1) is 0 Å². The van der Waals surface area contributed by atoms with E-state index in [0.29, 0.717) is 6.61 Å². The molecule has 1 rings (SSSR count). The quantitative estimate of drug-likeness (QED) is 0.755. The Morgan fingerprint density at radius 1 is 1.47 bits per heavy atom. The van der Waals surface area contributed by atoms with E-state index in [4.69, 9.17) is 10.5 Å². The summed E-state index contributed by atoms with van der Waals surface area (Å²) in [6.45, 7) is 2.73. The Hall–Kier alpha value is -1.55. The summed E-state index contributed by atoms with van der Waals surface area (Å²) in [5.74, 6) is -0.320. The molecule has 0 saturated carbocycles. The van der Waals surface area contributed by atoms with Crippen LogP contribution in [0.25, 0.3) is 0 Å². The second-order valence-corrected chi connectivity index (χ2v) is 4.01. The molecule has 0 bridgehead atoms. The second-order valence-electron chi connectivity index (χ2n) is 4.01. The average molecular weight is 236 g/mol. The number of para-hydroxylation sites is 1. The molecule has 0 aliphatic heterocycles. The largest absolute Gasteiger partial charge is 0.383 e. The molecule has 0 aliphatic carbocycles. The number of benzene rings is 1. The Morgan fingerprint density at radius 3 is 2.76 bits per heavy atom. The summed E-state index contributed by atoms with van der Waals surface area (Å²) in [7, 11) is 1.68. The average Bonchev–Trinajstić information content (AvgIpc) is 2.30. The van der Waals surface area contributed by atoms with Gasteiger partial charge in [0.1, 0.15) is 0 Å². The zero-order valence-electron chi connectivity index (χ0n) is 10.4. The van der Waals surface area contributed by atoms with E-state index in [9.17, 15) is 4.79 Å². The van der Waals surface area contributed by atoms with Crippen LogP contribution in [0.4, 0.5) is 5.69 Å². The molecule has 3 N–H and O–H groups in total. The van der Waals surface area contributed by atoms with Gasteiger partial charge in [-0.15, -0.1) is 0 Å². The van der Waals surface area contributed by atoms with E-state index in [1.807, 2.05) is 24.3 Å². The highest BCUT2D eigenvalue weighted by Gasteiger charge is 2.09. The van der Waals surface area contributed by atoms with Gasteiger partial charge in [0.15, 0.2) is 0 Å². The highest BCUT2D eigenvalue weighted by molar-refractivity contribution is 5.78. The number of nitrogens with two attached hydrogens (primary N) is 1. The molecule has 4 heteroatoms. The van der Waals surface area contributed by atoms with Crippen LogP contribution in [0.1, 0.15) is 18.9 Å². The van der Waals surface area contributed by atoms with Crippen LogP contribution in [0.3, 0.4) is 0 Å². The van der Waals surface area contributed by atoms with Crippen LogP contribution >= 0.6 is 0 Å². The van der Waals surface area contributed by atoms with E-state index in [-0.39, 0.29) is 18.4 Å². The van der Waals surface area contributed by atoms with Gasteiger partial charge >= 0.3 is 0 Å². The molecule has 1 atom stereocenters. The lowest BCUT2D eigenvalue weighted by Crippen LogP contribution is -2.25. The lowest BCUT2D eigenvalue weighted by molar-refractivity contribution is -0.117. The fourth-order valence-electron chi connectivity index (χ4n) is 1.69. The van der Waals surface area contributed by atoms with Gasteiger partial charge in [0.2, 0.25) is 5.91 Å². The summed E-state index contributed by atoms with van der Waals surface area (Å²) in [5.41, 5.74) is 7.10.